The highest BCUT2D eigenvalue weighted by molar-refractivity contribution is 9.10. The van der Waals surface area contributed by atoms with Crippen LogP contribution in [0.25, 0.3) is 11.2 Å². The minimum Gasteiger partial charge on any atom is -0.326 e. The molecule has 0 radical (unpaired) electrons. The summed E-state index contributed by atoms with van der Waals surface area (Å²) in [5.41, 5.74) is 5.28. The Kier molecular flexibility index (Phi) is 9.18. The van der Waals surface area contributed by atoms with Crippen LogP contribution in [0.1, 0.15) is 75.9 Å². The van der Waals surface area contributed by atoms with E-state index in [0.717, 1.165) is 85.3 Å². The lowest BCUT2D eigenvalue weighted by Crippen LogP contribution is -2.34. The molecule has 3 aromatic rings. The van der Waals surface area contributed by atoms with Crippen molar-refractivity contribution < 1.29 is 4.79 Å². The van der Waals surface area contributed by atoms with Gasteiger partial charge in [0.05, 0.1) is 5.69 Å². The van der Waals surface area contributed by atoms with Crippen LogP contribution in [-0.4, -0.2) is 45.0 Å². The fourth-order valence-electron chi connectivity index (χ4n) is 5.02. The molecule has 6 nitrogen and oxygen atoms in total. The highest BCUT2D eigenvalue weighted by atomic mass is 79.9. The second kappa shape index (κ2) is 12.3. The summed E-state index contributed by atoms with van der Waals surface area (Å²) in [6, 6.07) is 10.5. The molecule has 7 heteroatoms. The van der Waals surface area contributed by atoms with Crippen molar-refractivity contribution in [2.45, 2.75) is 78.7 Å². The highest BCUT2D eigenvalue weighted by Crippen LogP contribution is 2.30. The van der Waals surface area contributed by atoms with Crippen molar-refractivity contribution >= 4 is 38.7 Å². The molecule has 1 aliphatic heterocycles. The summed E-state index contributed by atoms with van der Waals surface area (Å²) >= 11 is 3.61. The topological polar surface area (TPSA) is 63.1 Å². The van der Waals surface area contributed by atoms with Crippen LogP contribution in [0.2, 0.25) is 0 Å². The van der Waals surface area contributed by atoms with E-state index in [1.54, 1.807) is 0 Å². The Hall–Kier alpha value is -2.25. The van der Waals surface area contributed by atoms with Gasteiger partial charge in [-0.3, -0.25) is 4.79 Å². The van der Waals surface area contributed by atoms with Gasteiger partial charge in [-0.25, -0.2) is 9.97 Å². The lowest BCUT2D eigenvalue weighted by atomic mass is 9.89. The van der Waals surface area contributed by atoms with Crippen LogP contribution in [0, 0.1) is 12.8 Å². The molecule has 36 heavy (non-hydrogen) atoms. The number of nitrogens with one attached hydrogen (secondary N) is 1. The minimum atomic E-state index is -0.0124. The van der Waals surface area contributed by atoms with Gasteiger partial charge in [0, 0.05) is 29.0 Å². The lowest BCUT2D eigenvalue weighted by Gasteiger charge is -2.32. The maximum absolute atomic E-state index is 12.1. The van der Waals surface area contributed by atoms with Crippen molar-refractivity contribution in [1.82, 2.24) is 19.4 Å². The Morgan fingerprint density at radius 3 is 2.64 bits per heavy atom. The molecule has 0 saturated carbocycles. The normalized spacial score (nSPS) is 15.2. The van der Waals surface area contributed by atoms with Crippen LogP contribution in [0.5, 0.6) is 0 Å². The molecule has 4 rings (SSSR count). The van der Waals surface area contributed by atoms with Gasteiger partial charge in [0.25, 0.3) is 0 Å². The highest BCUT2D eigenvalue weighted by Gasteiger charge is 2.21. The molecule has 0 unspecified atom stereocenters. The Labute approximate surface area is 224 Å². The van der Waals surface area contributed by atoms with Gasteiger partial charge in [-0.2, -0.15) is 0 Å². The molecule has 1 aromatic carbocycles. The largest absolute Gasteiger partial charge is 0.326 e. The lowest BCUT2D eigenvalue weighted by molar-refractivity contribution is -0.118. The number of hydrogen-bond acceptors (Lipinski definition) is 4. The Bertz CT molecular complexity index is 1180. The van der Waals surface area contributed by atoms with E-state index >= 15 is 0 Å². The van der Waals surface area contributed by atoms with Crippen molar-refractivity contribution in [3.63, 3.8) is 0 Å². The van der Waals surface area contributed by atoms with Crippen molar-refractivity contribution in [3.8, 4) is 0 Å². The van der Waals surface area contributed by atoms with Gasteiger partial charge in [0.1, 0.15) is 11.3 Å². The van der Waals surface area contributed by atoms with Crippen molar-refractivity contribution in [2.24, 2.45) is 5.92 Å². The number of unbranched alkanes of at least 4 members (excludes halogenated alkanes) is 1. The van der Waals surface area contributed by atoms with Gasteiger partial charge < -0.3 is 14.8 Å². The summed E-state index contributed by atoms with van der Waals surface area (Å²) in [5, 5.41) is 3.04. The number of likely N-dealkylation sites (tertiary alicyclic amines) is 1. The molecule has 2 aromatic heterocycles. The second-order valence-electron chi connectivity index (χ2n) is 10.4. The number of anilines is 1. The van der Waals surface area contributed by atoms with E-state index in [0.29, 0.717) is 5.92 Å². The molecule has 0 aliphatic carbocycles. The zero-order valence-corrected chi connectivity index (χ0v) is 23.8. The summed E-state index contributed by atoms with van der Waals surface area (Å²) < 4.78 is 3.38. The zero-order chi connectivity index (χ0) is 25.7. The average molecular weight is 555 g/mol. The summed E-state index contributed by atoms with van der Waals surface area (Å²) in [4.78, 5) is 24.5. The fraction of sp³-hybridized carbons (Fsp3) is 0.552. The minimum absolute atomic E-state index is 0.0124. The quantitative estimate of drug-likeness (QED) is 0.303. The SMILES string of the molecule is CCCCc1nc2cc(Br)c(C)nc2n1CCCN1CCC(c2cccc(NC(=O)C(C)C)c2)CC1. The molecular formula is C29H40BrN5O. The van der Waals surface area contributed by atoms with E-state index in [1.165, 1.54) is 17.8 Å². The predicted octanol–water partition coefficient (Wildman–Crippen LogP) is 6.71. The number of carbonyl (C=O) groups excluding carboxylic acids is 1. The smallest absolute Gasteiger partial charge is 0.226 e. The van der Waals surface area contributed by atoms with E-state index in [2.05, 4.69) is 61.9 Å². The number of benzene rings is 1. The summed E-state index contributed by atoms with van der Waals surface area (Å²) in [6.45, 7) is 12.4. The molecule has 1 fully saturated rings. The number of amides is 1. The van der Waals surface area contributed by atoms with Crippen molar-refractivity contribution in [1.29, 1.82) is 0 Å². The molecule has 3 heterocycles. The zero-order valence-electron chi connectivity index (χ0n) is 22.2. The van der Waals surface area contributed by atoms with Crippen LogP contribution in [0.3, 0.4) is 0 Å². The van der Waals surface area contributed by atoms with Crippen LogP contribution in [-0.2, 0) is 17.8 Å². The molecule has 1 N–H and O–H groups in total. The van der Waals surface area contributed by atoms with Crippen LogP contribution >= 0.6 is 15.9 Å². The summed E-state index contributed by atoms with van der Waals surface area (Å²) in [5.74, 6) is 1.78. The van der Waals surface area contributed by atoms with E-state index in [4.69, 9.17) is 9.97 Å². The molecule has 0 bridgehead atoms. The molecular weight excluding hydrogens is 514 g/mol. The Morgan fingerprint density at radius 2 is 1.92 bits per heavy atom. The number of carbonyl (C=O) groups is 1. The van der Waals surface area contributed by atoms with Gasteiger partial charge in [-0.15, -0.1) is 0 Å². The average Bonchev–Trinajstić information content (AvgIpc) is 3.19. The summed E-state index contributed by atoms with van der Waals surface area (Å²) in [7, 11) is 0. The molecule has 194 valence electrons. The number of hydrogen-bond donors (Lipinski definition) is 1. The number of rotatable bonds is 10. The van der Waals surface area contributed by atoms with E-state index in [-0.39, 0.29) is 11.8 Å². The van der Waals surface area contributed by atoms with Gasteiger partial charge in [-0.05, 0) is 97.9 Å². The third-order valence-corrected chi connectivity index (χ3v) is 8.08. The fourth-order valence-corrected chi connectivity index (χ4v) is 5.33. The Morgan fingerprint density at radius 1 is 1.14 bits per heavy atom. The monoisotopic (exact) mass is 553 g/mol. The first-order valence-electron chi connectivity index (χ1n) is 13.5. The first-order chi connectivity index (χ1) is 17.4. The van der Waals surface area contributed by atoms with Crippen LogP contribution < -0.4 is 5.32 Å². The first kappa shape index (κ1) is 26.8. The number of aryl methyl sites for hydroxylation is 3. The summed E-state index contributed by atoms with van der Waals surface area (Å²) in [6.07, 6.45) is 6.74. The van der Waals surface area contributed by atoms with E-state index in [9.17, 15) is 4.79 Å². The van der Waals surface area contributed by atoms with Gasteiger partial charge >= 0.3 is 0 Å². The predicted molar refractivity (Wildman–Crippen MR) is 152 cm³/mol. The van der Waals surface area contributed by atoms with Gasteiger partial charge in [-0.1, -0.05) is 39.3 Å². The second-order valence-corrected chi connectivity index (χ2v) is 11.3. The number of piperidine rings is 1. The number of imidazole rings is 1. The molecule has 1 aliphatic rings. The van der Waals surface area contributed by atoms with Crippen molar-refractivity contribution in [3.05, 3.63) is 51.9 Å². The maximum atomic E-state index is 12.1. The molecule has 1 amide bonds. The molecule has 1 saturated heterocycles. The first-order valence-corrected chi connectivity index (χ1v) is 14.3. The maximum Gasteiger partial charge on any atom is 0.226 e. The van der Waals surface area contributed by atoms with E-state index < -0.39 is 0 Å². The number of fused-ring (bicyclic) bond motifs is 1. The standard InChI is InChI=1S/C29H40BrN5O/c1-5-6-11-27-33-26-19-25(30)21(4)31-28(26)35(27)15-8-14-34-16-12-22(13-17-34)23-9-7-10-24(18-23)32-29(36)20(2)3/h7,9-10,18-20,22H,5-6,8,11-17H2,1-4H3,(H,32,36). The van der Waals surface area contributed by atoms with Crippen molar-refractivity contribution in [2.75, 3.05) is 25.0 Å². The molecule has 0 atom stereocenters. The molecule has 0 spiro atoms. The van der Waals surface area contributed by atoms with Gasteiger partial charge in [0.15, 0.2) is 5.65 Å². The van der Waals surface area contributed by atoms with Crippen LogP contribution in [0.15, 0.2) is 34.8 Å². The van der Waals surface area contributed by atoms with Crippen LogP contribution in [0.4, 0.5) is 5.69 Å². The number of pyridine rings is 1. The third-order valence-electron chi connectivity index (χ3n) is 7.28. The van der Waals surface area contributed by atoms with Gasteiger partial charge in [0.2, 0.25) is 5.91 Å². The third kappa shape index (κ3) is 6.54. The number of aromatic nitrogens is 3. The number of nitrogens with zero attached hydrogens (tertiary/aromatic N) is 4. The Balaban J connectivity index is 1.33. The van der Waals surface area contributed by atoms with E-state index in [1.807, 2.05) is 26.8 Å². The number of halogens is 1.